The van der Waals surface area contributed by atoms with Gasteiger partial charge in [-0.05, 0) is 0 Å². The molecule has 0 bridgehead atoms. The monoisotopic (exact) mass is 494 g/mol. The molecule has 11 nitrogen and oxygen atoms in total. The standard InChI is InChI=1S/C9H9NO4.C8H7NO4.Cl2OS/c1-14-9(11)6-7-4-2-3-5-8(7)10(12)13;10-8(11)5-6-3-1-2-4-7(6)9(12)13;1-4(2)3/h2-5H,6H2,1H3;1-4H,5H2,(H,10,11);. The number of benzene rings is 2. The molecule has 0 saturated carbocycles. The number of carbonyl (C=O) groups is 2. The summed E-state index contributed by atoms with van der Waals surface area (Å²) in [4.78, 5) is 41.1. The number of aliphatic carboxylic acids is 1. The minimum atomic E-state index is -1.67. The Bertz CT molecular complexity index is 953. The number of carboxylic acids is 1. The Labute approximate surface area is 187 Å². The van der Waals surface area contributed by atoms with E-state index in [1.165, 1.54) is 37.4 Å². The lowest BCUT2D eigenvalue weighted by molar-refractivity contribution is -0.385. The summed E-state index contributed by atoms with van der Waals surface area (Å²) in [7, 11) is 8.61. The second kappa shape index (κ2) is 14.8. The Balaban J connectivity index is 0.000000497. The van der Waals surface area contributed by atoms with Crippen LogP contribution < -0.4 is 0 Å². The number of halogens is 2. The minimum absolute atomic E-state index is 0.0575. The van der Waals surface area contributed by atoms with E-state index in [4.69, 9.17) is 9.32 Å². The van der Waals surface area contributed by atoms with Gasteiger partial charge in [-0.3, -0.25) is 29.8 Å². The third-order valence-corrected chi connectivity index (χ3v) is 3.28. The van der Waals surface area contributed by atoms with Crippen molar-refractivity contribution in [3.63, 3.8) is 0 Å². The summed E-state index contributed by atoms with van der Waals surface area (Å²) < 4.78 is 13.5. The molecule has 2 aromatic rings. The van der Waals surface area contributed by atoms with Gasteiger partial charge in [0.25, 0.3) is 11.4 Å². The lowest BCUT2D eigenvalue weighted by atomic mass is 10.1. The number of hydrogen-bond donors (Lipinski definition) is 1. The van der Waals surface area contributed by atoms with E-state index in [9.17, 15) is 29.8 Å². The molecule has 31 heavy (non-hydrogen) atoms. The molecule has 0 aliphatic carbocycles. The summed E-state index contributed by atoms with van der Waals surface area (Å²) in [6.45, 7) is 0. The fourth-order valence-corrected chi connectivity index (χ4v) is 2.07. The molecule has 0 aliphatic rings. The number of ether oxygens (including phenoxy) is 1. The molecule has 0 saturated heterocycles. The van der Waals surface area contributed by atoms with Gasteiger partial charge in [-0.15, -0.1) is 0 Å². The molecule has 14 heteroatoms. The molecule has 2 aromatic carbocycles. The van der Waals surface area contributed by atoms with E-state index in [2.05, 4.69) is 26.1 Å². The molecule has 168 valence electrons. The summed E-state index contributed by atoms with van der Waals surface area (Å²) in [5, 5.41) is 29.4. The molecule has 0 unspecified atom stereocenters. The van der Waals surface area contributed by atoms with Crippen molar-refractivity contribution in [1.82, 2.24) is 0 Å². The third-order valence-electron chi connectivity index (χ3n) is 3.28. The van der Waals surface area contributed by atoms with Gasteiger partial charge in [0.15, 0.2) is 0 Å². The largest absolute Gasteiger partial charge is 0.481 e. The topological polar surface area (TPSA) is 167 Å². The van der Waals surface area contributed by atoms with E-state index in [-0.39, 0.29) is 29.8 Å². The van der Waals surface area contributed by atoms with Crippen molar-refractivity contribution in [1.29, 1.82) is 0 Å². The van der Waals surface area contributed by atoms with Crippen molar-refractivity contribution in [2.45, 2.75) is 12.8 Å². The summed E-state index contributed by atoms with van der Waals surface area (Å²) in [6, 6.07) is 11.9. The number of esters is 1. The van der Waals surface area contributed by atoms with Crippen LogP contribution >= 0.6 is 21.4 Å². The molecule has 1 N–H and O–H groups in total. The first-order valence-electron chi connectivity index (χ1n) is 7.97. The number of para-hydroxylation sites is 2. The SMILES string of the molecule is COC(=O)Cc1ccccc1[N+](=O)[O-].O=C(O)Cc1ccccc1[N+](=O)[O-].O=S(Cl)Cl. The first-order chi connectivity index (χ1) is 14.5. The van der Waals surface area contributed by atoms with Crippen molar-refractivity contribution in [2.75, 3.05) is 7.11 Å². The number of carboxylic acid groups (broad SMARTS) is 1. The fourth-order valence-electron chi connectivity index (χ4n) is 2.07. The number of nitro benzene ring substituents is 2. The molecule has 0 amide bonds. The molecule has 0 aliphatic heterocycles. The van der Waals surface area contributed by atoms with Crippen LogP contribution in [0, 0.1) is 20.2 Å². The zero-order chi connectivity index (χ0) is 24.0. The summed E-state index contributed by atoms with van der Waals surface area (Å²) >= 11 is 0. The van der Waals surface area contributed by atoms with Crippen molar-refractivity contribution >= 4 is 53.9 Å². The van der Waals surface area contributed by atoms with E-state index in [0.717, 1.165) is 0 Å². The van der Waals surface area contributed by atoms with Crippen molar-refractivity contribution in [2.24, 2.45) is 0 Å². The van der Waals surface area contributed by atoms with Crippen LogP contribution in [-0.4, -0.2) is 38.2 Å². The average molecular weight is 495 g/mol. The van der Waals surface area contributed by atoms with Crippen LogP contribution in [0.2, 0.25) is 0 Å². The molecule has 0 aromatic heterocycles. The fraction of sp³-hybridized carbons (Fsp3) is 0.176. The molecule has 0 atom stereocenters. The van der Waals surface area contributed by atoms with Gasteiger partial charge in [0.2, 0.25) is 9.23 Å². The highest BCUT2D eigenvalue weighted by molar-refractivity contribution is 8.26. The van der Waals surface area contributed by atoms with Gasteiger partial charge in [0, 0.05) is 44.6 Å². The van der Waals surface area contributed by atoms with Gasteiger partial charge in [-0.2, -0.15) is 0 Å². The Kier molecular flexibility index (Phi) is 13.3. The van der Waals surface area contributed by atoms with Gasteiger partial charge in [0.05, 0.1) is 29.8 Å². The molecule has 0 radical (unpaired) electrons. The molecule has 2 rings (SSSR count). The third kappa shape index (κ3) is 12.3. The summed E-state index contributed by atoms with van der Waals surface area (Å²) in [5.74, 6) is -1.56. The van der Waals surface area contributed by atoms with Crippen molar-refractivity contribution in [3.05, 3.63) is 79.9 Å². The second-order valence-corrected chi connectivity index (χ2v) is 7.80. The van der Waals surface area contributed by atoms with E-state index in [0.29, 0.717) is 5.56 Å². The first-order valence-corrected chi connectivity index (χ1v) is 10.8. The van der Waals surface area contributed by atoms with E-state index in [1.54, 1.807) is 18.2 Å². The zero-order valence-electron chi connectivity index (χ0n) is 15.8. The number of hydrogen-bond acceptors (Lipinski definition) is 8. The average Bonchev–Trinajstić information content (AvgIpc) is 2.68. The Morgan fingerprint density at radius 3 is 1.61 bits per heavy atom. The van der Waals surface area contributed by atoms with Crippen molar-refractivity contribution in [3.8, 4) is 0 Å². The lowest BCUT2D eigenvalue weighted by Crippen LogP contribution is -2.06. The van der Waals surface area contributed by atoms with Crippen LogP contribution in [0.5, 0.6) is 0 Å². The Hall–Kier alpha value is -3.09. The first kappa shape index (κ1) is 27.9. The van der Waals surface area contributed by atoms with Crippen LogP contribution in [0.4, 0.5) is 11.4 Å². The number of nitrogens with zero attached hydrogens (tertiary/aromatic N) is 2. The number of methoxy groups -OCH3 is 1. The normalized spacial score (nSPS) is 9.42. The van der Waals surface area contributed by atoms with Crippen LogP contribution in [-0.2, 0) is 36.4 Å². The zero-order valence-corrected chi connectivity index (χ0v) is 18.1. The summed E-state index contributed by atoms with van der Waals surface area (Å²) in [5.41, 5.74) is 0.382. The van der Waals surface area contributed by atoms with Gasteiger partial charge in [0.1, 0.15) is 0 Å². The summed E-state index contributed by atoms with van der Waals surface area (Å²) in [6.07, 6.45) is -0.398. The van der Waals surface area contributed by atoms with Crippen LogP contribution in [0.3, 0.4) is 0 Å². The molecular formula is C17H16Cl2N2O9S. The van der Waals surface area contributed by atoms with Gasteiger partial charge in [-0.1, -0.05) is 36.4 Å². The Morgan fingerprint density at radius 1 is 0.935 bits per heavy atom. The van der Waals surface area contributed by atoms with Crippen LogP contribution in [0.1, 0.15) is 11.1 Å². The number of nitro groups is 2. The molecule has 0 heterocycles. The van der Waals surface area contributed by atoms with Crippen LogP contribution in [0.25, 0.3) is 0 Å². The quantitative estimate of drug-likeness (QED) is 0.273. The smallest absolute Gasteiger partial charge is 0.310 e. The van der Waals surface area contributed by atoms with E-state index in [1.807, 2.05) is 0 Å². The predicted octanol–water partition coefficient (Wildman–Crippen LogP) is 3.57. The van der Waals surface area contributed by atoms with Gasteiger partial charge < -0.3 is 9.84 Å². The lowest BCUT2D eigenvalue weighted by Gasteiger charge is -2.00. The molecular weight excluding hydrogens is 479 g/mol. The second-order valence-electron chi connectivity index (χ2n) is 5.28. The van der Waals surface area contributed by atoms with Gasteiger partial charge >= 0.3 is 11.9 Å². The van der Waals surface area contributed by atoms with Crippen molar-refractivity contribution < 1.29 is 33.5 Å². The van der Waals surface area contributed by atoms with Gasteiger partial charge in [-0.25, -0.2) is 4.21 Å². The molecule has 0 spiro atoms. The van der Waals surface area contributed by atoms with Crippen LogP contribution in [0.15, 0.2) is 48.5 Å². The van der Waals surface area contributed by atoms with E-state index < -0.39 is 31.0 Å². The maximum Gasteiger partial charge on any atom is 0.310 e. The molecule has 0 fully saturated rings. The highest BCUT2D eigenvalue weighted by Crippen LogP contribution is 2.18. The highest BCUT2D eigenvalue weighted by Gasteiger charge is 2.15. The minimum Gasteiger partial charge on any atom is -0.481 e. The maximum atomic E-state index is 10.9. The number of carbonyl (C=O) groups excluding carboxylic acids is 1. The maximum absolute atomic E-state index is 10.9. The van der Waals surface area contributed by atoms with E-state index >= 15 is 0 Å². The highest BCUT2D eigenvalue weighted by atomic mass is 36.0. The predicted molar refractivity (Wildman–Crippen MR) is 113 cm³/mol. The number of rotatable bonds is 6. The Morgan fingerprint density at radius 2 is 1.29 bits per heavy atom.